The summed E-state index contributed by atoms with van der Waals surface area (Å²) in [5.41, 5.74) is 5.22. The van der Waals surface area contributed by atoms with Gasteiger partial charge in [-0.05, 0) is 18.8 Å². The molecule has 0 aromatic carbocycles. The van der Waals surface area contributed by atoms with E-state index in [2.05, 4.69) is 6.92 Å². The topological polar surface area (TPSA) is 46.3 Å². The monoisotopic (exact) mass is 170 g/mol. The number of hydrogen-bond acceptors (Lipinski definition) is 1. The number of hydrogen-bond donors (Lipinski definition) is 1. The van der Waals surface area contributed by atoms with Crippen LogP contribution in [-0.2, 0) is 0 Å². The highest BCUT2D eigenvalue weighted by Crippen LogP contribution is 2.32. The van der Waals surface area contributed by atoms with E-state index < -0.39 is 0 Å². The first-order chi connectivity index (χ1) is 5.74. The fourth-order valence-corrected chi connectivity index (χ4v) is 1.35. The molecule has 1 rings (SSSR count). The predicted octanol–water partition coefficient (Wildman–Crippen LogP) is 1.58. The molecule has 0 radical (unpaired) electrons. The van der Waals surface area contributed by atoms with Crippen LogP contribution in [0.15, 0.2) is 0 Å². The third-order valence-corrected chi connectivity index (χ3v) is 2.31. The Kier molecular flexibility index (Phi) is 3.38. The minimum absolute atomic E-state index is 0.266. The lowest BCUT2D eigenvalue weighted by Gasteiger charge is -2.18. The normalized spacial score (nSPS) is 16.1. The van der Waals surface area contributed by atoms with Crippen LogP contribution in [-0.4, -0.2) is 24.0 Å². The van der Waals surface area contributed by atoms with Crippen LogP contribution in [0.4, 0.5) is 4.79 Å². The zero-order valence-electron chi connectivity index (χ0n) is 7.75. The number of urea groups is 1. The summed E-state index contributed by atoms with van der Waals surface area (Å²) < 4.78 is 0. The van der Waals surface area contributed by atoms with Crippen molar-refractivity contribution in [3.05, 3.63) is 0 Å². The van der Waals surface area contributed by atoms with Gasteiger partial charge in [0, 0.05) is 13.1 Å². The van der Waals surface area contributed by atoms with Gasteiger partial charge in [0.2, 0.25) is 0 Å². The lowest BCUT2D eigenvalue weighted by atomic mass is 10.3. The molecule has 0 heterocycles. The van der Waals surface area contributed by atoms with Gasteiger partial charge in [0.05, 0.1) is 0 Å². The van der Waals surface area contributed by atoms with E-state index in [1.165, 1.54) is 12.8 Å². The number of nitrogens with two attached hydrogens (primary N) is 1. The van der Waals surface area contributed by atoms with Crippen molar-refractivity contribution in [2.75, 3.05) is 13.1 Å². The van der Waals surface area contributed by atoms with Crippen molar-refractivity contribution in [3.8, 4) is 0 Å². The van der Waals surface area contributed by atoms with E-state index in [4.69, 9.17) is 5.73 Å². The summed E-state index contributed by atoms with van der Waals surface area (Å²) in [6, 6.07) is -0.266. The summed E-state index contributed by atoms with van der Waals surface area (Å²) in [5, 5.41) is 0. The third kappa shape index (κ3) is 3.11. The quantitative estimate of drug-likeness (QED) is 0.669. The molecule has 0 atom stereocenters. The highest BCUT2D eigenvalue weighted by molar-refractivity contribution is 5.71. The van der Waals surface area contributed by atoms with Gasteiger partial charge in [0.25, 0.3) is 0 Å². The largest absolute Gasteiger partial charge is 0.351 e. The highest BCUT2D eigenvalue weighted by atomic mass is 16.2. The molecule has 1 aliphatic rings. The van der Waals surface area contributed by atoms with E-state index in [9.17, 15) is 4.79 Å². The maximum absolute atomic E-state index is 10.9. The Morgan fingerprint density at radius 2 is 2.17 bits per heavy atom. The first-order valence-corrected chi connectivity index (χ1v) is 4.78. The van der Waals surface area contributed by atoms with Crippen molar-refractivity contribution in [3.63, 3.8) is 0 Å². The maximum Gasteiger partial charge on any atom is 0.314 e. The molecule has 0 aromatic heterocycles. The fourth-order valence-electron chi connectivity index (χ4n) is 1.35. The van der Waals surface area contributed by atoms with Crippen molar-refractivity contribution < 1.29 is 4.79 Å². The van der Waals surface area contributed by atoms with Gasteiger partial charge in [-0.2, -0.15) is 0 Å². The number of primary amides is 1. The fraction of sp³-hybridized carbons (Fsp3) is 0.889. The van der Waals surface area contributed by atoms with E-state index in [0.29, 0.717) is 0 Å². The lowest BCUT2D eigenvalue weighted by molar-refractivity contribution is 0.206. The van der Waals surface area contributed by atoms with E-state index in [1.807, 2.05) is 0 Å². The number of amides is 2. The minimum Gasteiger partial charge on any atom is -0.351 e. The Bertz CT molecular complexity index is 155. The van der Waals surface area contributed by atoms with Gasteiger partial charge in [0.15, 0.2) is 0 Å². The van der Waals surface area contributed by atoms with Crippen LogP contribution in [0.1, 0.15) is 32.6 Å². The molecule has 2 amide bonds. The molecule has 2 N–H and O–H groups in total. The van der Waals surface area contributed by atoms with Gasteiger partial charge < -0.3 is 10.6 Å². The van der Waals surface area contributed by atoms with E-state index in [1.54, 1.807) is 4.90 Å². The number of nitrogens with zero attached hydrogens (tertiary/aromatic N) is 1. The average Bonchev–Trinajstić information content (AvgIpc) is 2.80. The molecule has 0 saturated heterocycles. The molecule has 0 bridgehead atoms. The Balaban J connectivity index is 2.16. The molecule has 0 aliphatic heterocycles. The summed E-state index contributed by atoms with van der Waals surface area (Å²) in [6.07, 6.45) is 4.83. The van der Waals surface area contributed by atoms with E-state index >= 15 is 0 Å². The molecular weight excluding hydrogens is 152 g/mol. The SMILES string of the molecule is CCCN(CCC1CC1)C(N)=O. The highest BCUT2D eigenvalue weighted by Gasteiger charge is 2.22. The third-order valence-electron chi connectivity index (χ3n) is 2.31. The molecule has 3 nitrogen and oxygen atoms in total. The standard InChI is InChI=1S/C9H18N2O/c1-2-6-11(9(10)12)7-5-8-3-4-8/h8H,2-7H2,1H3,(H2,10,12). The second-order valence-electron chi connectivity index (χ2n) is 3.56. The average molecular weight is 170 g/mol. The molecule has 0 aromatic rings. The molecule has 0 unspecified atom stereocenters. The second-order valence-corrected chi connectivity index (χ2v) is 3.56. The van der Waals surface area contributed by atoms with Gasteiger partial charge in [-0.15, -0.1) is 0 Å². The maximum atomic E-state index is 10.9. The van der Waals surface area contributed by atoms with Crippen molar-refractivity contribution in [1.82, 2.24) is 4.90 Å². The van der Waals surface area contributed by atoms with Crippen molar-refractivity contribution >= 4 is 6.03 Å². The van der Waals surface area contributed by atoms with Crippen LogP contribution in [0, 0.1) is 5.92 Å². The smallest absolute Gasteiger partial charge is 0.314 e. The van der Waals surface area contributed by atoms with Crippen LogP contribution in [0.3, 0.4) is 0 Å². The number of rotatable bonds is 5. The zero-order chi connectivity index (χ0) is 8.97. The molecule has 1 saturated carbocycles. The van der Waals surface area contributed by atoms with Crippen molar-refractivity contribution in [2.24, 2.45) is 11.7 Å². The lowest BCUT2D eigenvalue weighted by Crippen LogP contribution is -2.37. The van der Waals surface area contributed by atoms with Gasteiger partial charge in [-0.25, -0.2) is 4.79 Å². The van der Waals surface area contributed by atoms with Crippen LogP contribution in [0.2, 0.25) is 0 Å². The minimum atomic E-state index is -0.266. The summed E-state index contributed by atoms with van der Waals surface area (Å²) in [5.74, 6) is 0.878. The summed E-state index contributed by atoms with van der Waals surface area (Å²) >= 11 is 0. The zero-order valence-corrected chi connectivity index (χ0v) is 7.75. The van der Waals surface area contributed by atoms with Crippen LogP contribution in [0.5, 0.6) is 0 Å². The van der Waals surface area contributed by atoms with Gasteiger partial charge in [-0.3, -0.25) is 0 Å². The molecule has 0 spiro atoms. The summed E-state index contributed by atoms with van der Waals surface area (Å²) in [4.78, 5) is 12.6. The van der Waals surface area contributed by atoms with Crippen molar-refractivity contribution in [1.29, 1.82) is 0 Å². The molecule has 12 heavy (non-hydrogen) atoms. The predicted molar refractivity (Wildman–Crippen MR) is 48.8 cm³/mol. The number of carbonyl (C=O) groups excluding carboxylic acids is 1. The molecular formula is C9H18N2O. The Morgan fingerprint density at radius 3 is 2.58 bits per heavy atom. The first kappa shape index (κ1) is 9.36. The molecule has 70 valence electrons. The molecule has 1 aliphatic carbocycles. The van der Waals surface area contributed by atoms with Crippen LogP contribution < -0.4 is 5.73 Å². The molecule has 1 fully saturated rings. The van der Waals surface area contributed by atoms with Gasteiger partial charge >= 0.3 is 6.03 Å². The van der Waals surface area contributed by atoms with Gasteiger partial charge in [0.1, 0.15) is 0 Å². The second kappa shape index (κ2) is 4.33. The Hall–Kier alpha value is -0.730. The van der Waals surface area contributed by atoms with E-state index in [-0.39, 0.29) is 6.03 Å². The Labute approximate surface area is 73.9 Å². The van der Waals surface area contributed by atoms with Crippen LogP contribution >= 0.6 is 0 Å². The molecule has 3 heteroatoms. The number of carbonyl (C=O) groups is 1. The Morgan fingerprint density at radius 1 is 1.50 bits per heavy atom. The van der Waals surface area contributed by atoms with Crippen molar-refractivity contribution in [2.45, 2.75) is 32.6 Å². The first-order valence-electron chi connectivity index (χ1n) is 4.78. The van der Waals surface area contributed by atoms with Crippen LogP contribution in [0.25, 0.3) is 0 Å². The van der Waals surface area contributed by atoms with E-state index in [0.717, 1.165) is 31.8 Å². The summed E-state index contributed by atoms with van der Waals surface area (Å²) in [6.45, 7) is 3.73. The summed E-state index contributed by atoms with van der Waals surface area (Å²) in [7, 11) is 0. The van der Waals surface area contributed by atoms with Gasteiger partial charge in [-0.1, -0.05) is 19.8 Å².